The van der Waals surface area contributed by atoms with E-state index in [1.54, 1.807) is 11.3 Å². The molecule has 1 aliphatic heterocycles. The molecule has 2 aromatic heterocycles. The summed E-state index contributed by atoms with van der Waals surface area (Å²) in [4.78, 5) is 16.4. The Morgan fingerprint density at radius 2 is 2.12 bits per heavy atom. The molecule has 0 aromatic carbocycles. The zero-order valence-corrected chi connectivity index (χ0v) is 16.5. The Hall–Kier alpha value is -1.59. The molecule has 1 aliphatic carbocycles. The SMILES string of the molecule is Cc1cc(CN2CCC(CNC(=O)C3(c4cccs4)CC3)CC2)c(C)o1. The lowest BCUT2D eigenvalue weighted by molar-refractivity contribution is -0.123. The largest absolute Gasteiger partial charge is 0.466 e. The molecule has 140 valence electrons. The number of piperidine rings is 1. The van der Waals surface area contributed by atoms with Gasteiger partial charge in [-0.25, -0.2) is 0 Å². The number of rotatable bonds is 6. The van der Waals surface area contributed by atoms with Crippen molar-refractivity contribution in [2.24, 2.45) is 5.92 Å². The van der Waals surface area contributed by atoms with Gasteiger partial charge in [-0.05, 0) is 76.1 Å². The Morgan fingerprint density at radius 3 is 2.69 bits per heavy atom. The van der Waals surface area contributed by atoms with E-state index in [9.17, 15) is 4.79 Å². The number of nitrogens with zero attached hydrogens (tertiary/aromatic N) is 1. The molecule has 2 aliphatic rings. The molecule has 1 N–H and O–H groups in total. The Morgan fingerprint density at radius 1 is 1.35 bits per heavy atom. The number of hydrogen-bond donors (Lipinski definition) is 1. The fourth-order valence-electron chi connectivity index (χ4n) is 4.10. The minimum absolute atomic E-state index is 0.203. The first-order valence-electron chi connectivity index (χ1n) is 9.67. The molecule has 4 nitrogen and oxygen atoms in total. The minimum atomic E-state index is -0.203. The van der Waals surface area contributed by atoms with E-state index >= 15 is 0 Å². The van der Waals surface area contributed by atoms with Gasteiger partial charge in [-0.2, -0.15) is 0 Å². The number of thiophene rings is 1. The first-order chi connectivity index (χ1) is 12.6. The van der Waals surface area contributed by atoms with Gasteiger partial charge in [-0.3, -0.25) is 9.69 Å². The van der Waals surface area contributed by atoms with Crippen LogP contribution in [0.2, 0.25) is 0 Å². The Bertz CT molecular complexity index is 753. The summed E-state index contributed by atoms with van der Waals surface area (Å²) in [7, 11) is 0. The number of nitrogens with one attached hydrogen (secondary N) is 1. The third-order valence-corrected chi connectivity index (χ3v) is 7.05. The van der Waals surface area contributed by atoms with Gasteiger partial charge in [-0.15, -0.1) is 11.3 Å². The first kappa shape index (κ1) is 17.8. The maximum absolute atomic E-state index is 12.7. The van der Waals surface area contributed by atoms with Gasteiger partial charge in [0, 0.05) is 23.5 Å². The van der Waals surface area contributed by atoms with Crippen LogP contribution in [0.25, 0.3) is 0 Å². The Balaban J connectivity index is 1.23. The maximum Gasteiger partial charge on any atom is 0.231 e. The molecule has 0 spiro atoms. The molecular weight excluding hydrogens is 344 g/mol. The van der Waals surface area contributed by atoms with Gasteiger partial charge in [0.1, 0.15) is 11.5 Å². The molecule has 3 heterocycles. The third kappa shape index (κ3) is 3.60. The number of aryl methyl sites for hydroxylation is 2. The average Bonchev–Trinajstić information content (AvgIpc) is 3.12. The zero-order chi connectivity index (χ0) is 18.1. The first-order valence-corrected chi connectivity index (χ1v) is 10.6. The minimum Gasteiger partial charge on any atom is -0.466 e. The van der Waals surface area contributed by atoms with E-state index in [-0.39, 0.29) is 11.3 Å². The monoisotopic (exact) mass is 372 g/mol. The molecule has 0 atom stereocenters. The standard InChI is InChI=1S/C21H28N2O2S/c1-15-12-18(16(2)25-15)14-23-9-5-17(6-10-23)13-22-20(24)21(7-8-21)19-4-3-11-26-19/h3-4,11-12,17H,5-10,13-14H2,1-2H3,(H,22,24). The van der Waals surface area contributed by atoms with E-state index in [4.69, 9.17) is 4.42 Å². The molecule has 26 heavy (non-hydrogen) atoms. The number of furan rings is 1. The van der Waals surface area contributed by atoms with Gasteiger partial charge in [0.2, 0.25) is 5.91 Å². The van der Waals surface area contributed by atoms with Crippen molar-refractivity contribution in [2.45, 2.75) is 51.5 Å². The number of hydrogen-bond acceptors (Lipinski definition) is 4. The average molecular weight is 373 g/mol. The van der Waals surface area contributed by atoms with E-state index in [1.165, 1.54) is 10.4 Å². The summed E-state index contributed by atoms with van der Waals surface area (Å²) in [6.07, 6.45) is 4.31. The summed E-state index contributed by atoms with van der Waals surface area (Å²) in [5, 5.41) is 5.33. The fraction of sp³-hybridized carbons (Fsp3) is 0.571. The molecule has 1 saturated heterocycles. The second kappa shape index (κ2) is 7.20. The highest BCUT2D eigenvalue weighted by Crippen LogP contribution is 2.50. The number of likely N-dealkylation sites (tertiary alicyclic amines) is 1. The highest BCUT2D eigenvalue weighted by molar-refractivity contribution is 7.10. The second-order valence-corrected chi connectivity index (χ2v) is 8.88. The lowest BCUT2D eigenvalue weighted by Crippen LogP contribution is -2.41. The predicted molar refractivity (Wildman–Crippen MR) is 104 cm³/mol. The van der Waals surface area contributed by atoms with Crippen molar-refractivity contribution in [2.75, 3.05) is 19.6 Å². The van der Waals surface area contributed by atoms with Crippen LogP contribution in [0, 0.1) is 19.8 Å². The van der Waals surface area contributed by atoms with Crippen LogP contribution in [0.15, 0.2) is 28.0 Å². The summed E-state index contributed by atoms with van der Waals surface area (Å²) in [6.45, 7) is 8.05. The van der Waals surface area contributed by atoms with Crippen LogP contribution in [0.5, 0.6) is 0 Å². The highest BCUT2D eigenvalue weighted by Gasteiger charge is 2.52. The van der Waals surface area contributed by atoms with Crippen LogP contribution < -0.4 is 5.32 Å². The molecule has 0 bridgehead atoms. The van der Waals surface area contributed by atoms with Crippen molar-refractivity contribution < 1.29 is 9.21 Å². The maximum atomic E-state index is 12.7. The second-order valence-electron chi connectivity index (χ2n) is 7.93. The van der Waals surface area contributed by atoms with Crippen molar-refractivity contribution in [3.63, 3.8) is 0 Å². The quantitative estimate of drug-likeness (QED) is 0.833. The van der Waals surface area contributed by atoms with Crippen LogP contribution in [0.4, 0.5) is 0 Å². The fourth-order valence-corrected chi connectivity index (χ4v) is 5.08. The van der Waals surface area contributed by atoms with Crippen molar-refractivity contribution in [1.82, 2.24) is 10.2 Å². The molecule has 5 heteroatoms. The molecule has 1 amide bonds. The highest BCUT2D eigenvalue weighted by atomic mass is 32.1. The Kier molecular flexibility index (Phi) is 4.93. The summed E-state index contributed by atoms with van der Waals surface area (Å²) < 4.78 is 5.64. The Labute approximate surface area is 159 Å². The van der Waals surface area contributed by atoms with Gasteiger partial charge in [0.25, 0.3) is 0 Å². The van der Waals surface area contributed by atoms with Crippen LogP contribution in [-0.2, 0) is 16.8 Å². The topological polar surface area (TPSA) is 45.5 Å². The van der Waals surface area contributed by atoms with Crippen LogP contribution >= 0.6 is 11.3 Å². The van der Waals surface area contributed by atoms with Crippen molar-refractivity contribution in [1.29, 1.82) is 0 Å². The van der Waals surface area contributed by atoms with Gasteiger partial charge in [0.15, 0.2) is 0 Å². The van der Waals surface area contributed by atoms with Crippen LogP contribution in [0.1, 0.15) is 47.6 Å². The summed E-state index contributed by atoms with van der Waals surface area (Å²) in [6, 6.07) is 6.31. The number of carbonyl (C=O) groups is 1. The van der Waals surface area contributed by atoms with Crippen LogP contribution in [0.3, 0.4) is 0 Å². The summed E-state index contributed by atoms with van der Waals surface area (Å²) >= 11 is 1.71. The van der Waals surface area contributed by atoms with Crippen LogP contribution in [-0.4, -0.2) is 30.4 Å². The normalized spacial score (nSPS) is 20.2. The van der Waals surface area contributed by atoms with Gasteiger partial charge >= 0.3 is 0 Å². The molecule has 2 aromatic rings. The van der Waals surface area contributed by atoms with E-state index < -0.39 is 0 Å². The lowest BCUT2D eigenvalue weighted by atomic mass is 9.95. The lowest BCUT2D eigenvalue weighted by Gasteiger charge is -2.32. The molecule has 0 radical (unpaired) electrons. The van der Waals surface area contributed by atoms with Crippen molar-refractivity contribution >= 4 is 17.2 Å². The van der Waals surface area contributed by atoms with Gasteiger partial charge in [-0.1, -0.05) is 6.07 Å². The third-order valence-electron chi connectivity index (χ3n) is 5.97. The number of carbonyl (C=O) groups excluding carboxylic acids is 1. The van der Waals surface area contributed by atoms with E-state index in [1.807, 2.05) is 19.9 Å². The smallest absolute Gasteiger partial charge is 0.231 e. The van der Waals surface area contributed by atoms with Crippen molar-refractivity contribution in [3.8, 4) is 0 Å². The van der Waals surface area contributed by atoms with Gasteiger partial charge in [0.05, 0.1) is 5.41 Å². The van der Waals surface area contributed by atoms with E-state index in [2.05, 4.69) is 27.7 Å². The molecular formula is C21H28N2O2S. The molecule has 4 rings (SSSR count). The van der Waals surface area contributed by atoms with Gasteiger partial charge < -0.3 is 9.73 Å². The molecule has 2 fully saturated rings. The molecule has 1 saturated carbocycles. The summed E-state index contributed by atoms with van der Waals surface area (Å²) in [5.74, 6) is 2.88. The number of amides is 1. The predicted octanol–water partition coefficient (Wildman–Crippen LogP) is 4.02. The zero-order valence-electron chi connectivity index (χ0n) is 15.7. The van der Waals surface area contributed by atoms with E-state index in [0.29, 0.717) is 5.92 Å². The van der Waals surface area contributed by atoms with Crippen molar-refractivity contribution in [3.05, 3.63) is 45.5 Å². The van der Waals surface area contributed by atoms with E-state index in [0.717, 1.165) is 63.4 Å². The molecule has 0 unspecified atom stereocenters. The summed E-state index contributed by atoms with van der Waals surface area (Å²) in [5.41, 5.74) is 1.10.